The topological polar surface area (TPSA) is 0 Å². The highest BCUT2D eigenvalue weighted by atomic mass is 14.5. The molecule has 3 heterocycles. The molecule has 1 atom stereocenters. The van der Waals surface area contributed by atoms with Crippen LogP contribution < -0.4 is 5.46 Å². The number of rotatable bonds is 3. The molecule has 5 rings (SSSR count). The smallest absolute Gasteiger partial charge is 0.115 e. The lowest BCUT2D eigenvalue weighted by Crippen LogP contribution is -2.54. The predicted octanol–water partition coefficient (Wildman–Crippen LogP) is 6.79. The molecule has 1 aromatic carbocycles. The van der Waals surface area contributed by atoms with Crippen molar-refractivity contribution in [2.45, 2.75) is 66.7 Å². The minimum absolute atomic E-state index is 0.0755. The summed E-state index contributed by atoms with van der Waals surface area (Å²) >= 11 is 0. The molecule has 0 bridgehead atoms. The molecule has 0 aromatic heterocycles. The standard InChI is InChI=1S/C31H33B/c1-7-12-21(9-3)26-28-20(5)18-23-14-11-15-24-19-25-17-16-22(13-8-2)27(31(26,6)10-4)30(25)32(28)29(23)24/h3,7-8,11-15H,10,16-19H2,1-2,4-6H3/b12-7-,13-8-,26-21-. The maximum Gasteiger partial charge on any atom is 0.242 e. The second-order valence-electron chi connectivity index (χ2n) is 10.0. The van der Waals surface area contributed by atoms with Crippen LogP contribution in [-0.4, -0.2) is 6.71 Å². The van der Waals surface area contributed by atoms with Gasteiger partial charge in [-0.3, -0.25) is 0 Å². The van der Waals surface area contributed by atoms with Gasteiger partial charge in [0.15, 0.2) is 0 Å². The molecule has 1 unspecified atom stereocenters. The van der Waals surface area contributed by atoms with Crippen LogP contribution in [-0.2, 0) is 12.8 Å². The Bertz CT molecular complexity index is 1250. The second kappa shape index (κ2) is 7.70. The average Bonchev–Trinajstić information content (AvgIpc) is 2.79. The molecule has 1 fully saturated rings. The average molecular weight is 416 g/mol. The number of terminal acetylenes is 1. The largest absolute Gasteiger partial charge is 0.242 e. The van der Waals surface area contributed by atoms with Crippen LogP contribution in [0.25, 0.3) is 0 Å². The Morgan fingerprint density at radius 1 is 1.12 bits per heavy atom. The Balaban J connectivity index is 1.98. The first-order valence-corrected chi connectivity index (χ1v) is 12.2. The Labute approximate surface area is 194 Å². The van der Waals surface area contributed by atoms with Crippen LogP contribution in [0.5, 0.6) is 0 Å². The number of hydrogen-bond donors (Lipinski definition) is 0. The highest BCUT2D eigenvalue weighted by Crippen LogP contribution is 2.59. The van der Waals surface area contributed by atoms with Crippen molar-refractivity contribution in [2.24, 2.45) is 5.41 Å². The summed E-state index contributed by atoms with van der Waals surface area (Å²) in [5.74, 6) is 3.11. The van der Waals surface area contributed by atoms with Gasteiger partial charge in [-0.25, -0.2) is 0 Å². The Hall–Kier alpha value is -2.72. The van der Waals surface area contributed by atoms with Crippen LogP contribution in [0.4, 0.5) is 0 Å². The van der Waals surface area contributed by atoms with E-state index >= 15 is 0 Å². The lowest BCUT2D eigenvalue weighted by Gasteiger charge is -2.52. The van der Waals surface area contributed by atoms with Gasteiger partial charge in [0.25, 0.3) is 0 Å². The second-order valence-corrected chi connectivity index (χ2v) is 10.0. The summed E-state index contributed by atoms with van der Waals surface area (Å²) in [6.45, 7) is 11.7. The van der Waals surface area contributed by atoms with Crippen LogP contribution in [0, 0.1) is 17.8 Å². The van der Waals surface area contributed by atoms with E-state index in [2.05, 4.69) is 83.0 Å². The summed E-state index contributed by atoms with van der Waals surface area (Å²) in [6.07, 6.45) is 20.6. The van der Waals surface area contributed by atoms with Crippen molar-refractivity contribution < 1.29 is 0 Å². The summed E-state index contributed by atoms with van der Waals surface area (Å²) in [7, 11) is 0. The normalized spacial score (nSPS) is 25.7. The van der Waals surface area contributed by atoms with Gasteiger partial charge in [0, 0.05) is 11.0 Å². The van der Waals surface area contributed by atoms with Crippen LogP contribution >= 0.6 is 0 Å². The van der Waals surface area contributed by atoms with E-state index in [0.29, 0.717) is 6.71 Å². The number of benzene rings is 1. The highest BCUT2D eigenvalue weighted by molar-refractivity contribution is 6.89. The Kier molecular flexibility index (Phi) is 5.09. The van der Waals surface area contributed by atoms with Crippen LogP contribution in [0.2, 0.25) is 0 Å². The van der Waals surface area contributed by atoms with Crippen molar-refractivity contribution in [3.8, 4) is 12.3 Å². The number of allylic oxidation sites excluding steroid dienone is 12. The van der Waals surface area contributed by atoms with Crippen molar-refractivity contribution in [2.75, 3.05) is 0 Å². The van der Waals surface area contributed by atoms with E-state index in [1.54, 1.807) is 22.1 Å². The predicted molar refractivity (Wildman–Crippen MR) is 139 cm³/mol. The van der Waals surface area contributed by atoms with Crippen LogP contribution in [0.1, 0.15) is 65.0 Å². The third kappa shape index (κ3) is 2.72. The minimum atomic E-state index is -0.0755. The summed E-state index contributed by atoms with van der Waals surface area (Å²) in [5.41, 5.74) is 16.5. The Morgan fingerprint density at radius 2 is 1.88 bits per heavy atom. The lowest BCUT2D eigenvalue weighted by molar-refractivity contribution is 0.461. The molecule has 32 heavy (non-hydrogen) atoms. The fraction of sp³-hybridized carbons (Fsp3) is 0.355. The molecule has 0 radical (unpaired) electrons. The summed E-state index contributed by atoms with van der Waals surface area (Å²) < 4.78 is 0. The first-order chi connectivity index (χ1) is 15.5. The molecular formula is C31H33B. The molecule has 0 amide bonds. The molecule has 1 saturated heterocycles. The maximum absolute atomic E-state index is 6.20. The van der Waals surface area contributed by atoms with Crippen molar-refractivity contribution in [3.05, 3.63) is 98.0 Å². The van der Waals surface area contributed by atoms with Crippen molar-refractivity contribution >= 4 is 12.2 Å². The van der Waals surface area contributed by atoms with Gasteiger partial charge in [-0.05, 0) is 80.7 Å². The molecule has 3 aliphatic heterocycles. The van der Waals surface area contributed by atoms with E-state index in [0.717, 1.165) is 31.3 Å². The van der Waals surface area contributed by atoms with E-state index in [9.17, 15) is 0 Å². The maximum atomic E-state index is 6.20. The SMILES string of the molecule is C#CC(/C=C\C)=C1\C2=C(C)Cc3cccc4c3B2C2=C(CCC(/C=C\C)=C2C1(C)CC)C4. The third-order valence-electron chi connectivity index (χ3n) is 8.35. The molecule has 0 saturated carbocycles. The molecule has 4 aliphatic rings. The molecule has 0 spiro atoms. The number of hydrogen-bond acceptors (Lipinski definition) is 0. The van der Waals surface area contributed by atoms with E-state index in [1.165, 1.54) is 39.7 Å². The zero-order valence-electron chi connectivity index (χ0n) is 20.2. The molecule has 1 aliphatic carbocycles. The fourth-order valence-electron chi connectivity index (χ4n) is 7.03. The molecule has 0 nitrogen and oxygen atoms in total. The van der Waals surface area contributed by atoms with E-state index in [4.69, 9.17) is 6.42 Å². The fourth-order valence-corrected chi connectivity index (χ4v) is 7.03. The van der Waals surface area contributed by atoms with Gasteiger partial charge in [0.1, 0.15) is 0 Å². The highest BCUT2D eigenvalue weighted by Gasteiger charge is 2.53. The zero-order valence-corrected chi connectivity index (χ0v) is 20.2. The zero-order chi connectivity index (χ0) is 22.6. The van der Waals surface area contributed by atoms with E-state index in [-0.39, 0.29) is 5.41 Å². The Morgan fingerprint density at radius 3 is 2.53 bits per heavy atom. The van der Waals surface area contributed by atoms with Crippen molar-refractivity contribution in [3.63, 3.8) is 0 Å². The summed E-state index contributed by atoms with van der Waals surface area (Å²) in [4.78, 5) is 0. The van der Waals surface area contributed by atoms with Gasteiger partial charge in [0.05, 0.1) is 0 Å². The molecule has 0 N–H and O–H groups in total. The molecule has 1 heteroatoms. The molecule has 1 aromatic rings. The van der Waals surface area contributed by atoms with Crippen molar-refractivity contribution in [1.82, 2.24) is 0 Å². The first kappa shape index (κ1) is 21.1. The van der Waals surface area contributed by atoms with Crippen LogP contribution in [0.3, 0.4) is 0 Å². The van der Waals surface area contributed by atoms with Gasteiger partial charge in [-0.2, -0.15) is 0 Å². The molecular weight excluding hydrogens is 383 g/mol. The summed E-state index contributed by atoms with van der Waals surface area (Å²) in [6, 6.07) is 7.00. The quantitative estimate of drug-likeness (QED) is 0.376. The van der Waals surface area contributed by atoms with Gasteiger partial charge >= 0.3 is 0 Å². The minimum Gasteiger partial charge on any atom is -0.115 e. The monoisotopic (exact) mass is 416 g/mol. The van der Waals surface area contributed by atoms with Gasteiger partial charge < -0.3 is 0 Å². The lowest BCUT2D eigenvalue weighted by atomic mass is 9.23. The summed E-state index contributed by atoms with van der Waals surface area (Å²) in [5, 5.41) is 0. The van der Waals surface area contributed by atoms with Crippen LogP contribution in [0.15, 0.2) is 86.9 Å². The van der Waals surface area contributed by atoms with Gasteiger partial charge in [0.2, 0.25) is 6.71 Å². The van der Waals surface area contributed by atoms with Crippen molar-refractivity contribution in [1.29, 1.82) is 0 Å². The van der Waals surface area contributed by atoms with Gasteiger partial charge in [-0.1, -0.05) is 89.8 Å². The molecule has 160 valence electrons. The first-order valence-electron chi connectivity index (χ1n) is 12.2. The van der Waals surface area contributed by atoms with E-state index in [1.807, 2.05) is 0 Å². The van der Waals surface area contributed by atoms with E-state index < -0.39 is 0 Å². The van der Waals surface area contributed by atoms with Gasteiger partial charge in [-0.15, -0.1) is 6.42 Å². The third-order valence-corrected chi connectivity index (χ3v) is 8.35.